The van der Waals surface area contributed by atoms with Crippen LogP contribution in [0.25, 0.3) is 0 Å². The van der Waals surface area contributed by atoms with Crippen LogP contribution in [0, 0.1) is 11.8 Å². The van der Waals surface area contributed by atoms with E-state index in [1.54, 1.807) is 0 Å². The lowest BCUT2D eigenvalue weighted by Gasteiger charge is -2.27. The summed E-state index contributed by atoms with van der Waals surface area (Å²) >= 11 is 0. The van der Waals surface area contributed by atoms with E-state index in [1.165, 1.54) is 0 Å². The van der Waals surface area contributed by atoms with E-state index in [4.69, 9.17) is 18.7 Å². The van der Waals surface area contributed by atoms with Gasteiger partial charge < -0.3 is 24.2 Å². The normalized spacial score (nSPS) is 38.4. The molecule has 9 heteroatoms. The summed E-state index contributed by atoms with van der Waals surface area (Å²) < 4.78 is 35.3. The summed E-state index contributed by atoms with van der Waals surface area (Å²) in [6.07, 6.45) is 0.235. The fourth-order valence-electron chi connectivity index (χ4n) is 4.01. The molecule has 1 aliphatic carbocycles. The van der Waals surface area contributed by atoms with Gasteiger partial charge in [-0.2, -0.15) is 0 Å². The molecule has 0 bridgehead atoms. The maximum atomic E-state index is 12.6. The number of ether oxygens (including phenoxy) is 3. The molecule has 0 aromatic heterocycles. The van der Waals surface area contributed by atoms with E-state index in [1.807, 2.05) is 41.5 Å². The molecule has 0 aromatic rings. The van der Waals surface area contributed by atoms with Gasteiger partial charge in [0, 0.05) is 12.0 Å². The number of hydrogen-bond donors (Lipinski definition) is 3. The Morgan fingerprint density at radius 3 is 2.43 bits per heavy atom. The smallest absolute Gasteiger partial charge is 0.392 e. The Bertz CT molecular complexity index is 530. The highest BCUT2D eigenvalue weighted by atomic mass is 31.2. The zero-order chi connectivity index (χ0) is 21.1. The Morgan fingerprint density at radius 2 is 1.82 bits per heavy atom. The first-order valence-electron chi connectivity index (χ1n) is 10.3. The number of nitrogens with one attached hydrogen (secondary N) is 1. The Kier molecular flexibility index (Phi) is 8.92. The standard InChI is InChI=1S/C19H38NO7P/c1-11(2)24-10-18-16(8-14(6)27-18)20-28(22,23)25-9-15-17(26-12(3)4)7-13(5)19(15)21/h11-19,21H,7-10H2,1-6H3,(H2,20,22,23). The number of aliphatic hydroxyl groups excluding tert-OH is 1. The molecule has 2 aliphatic rings. The van der Waals surface area contributed by atoms with E-state index in [9.17, 15) is 14.6 Å². The second-order valence-corrected chi connectivity index (χ2v) is 10.3. The monoisotopic (exact) mass is 423 g/mol. The van der Waals surface area contributed by atoms with E-state index >= 15 is 0 Å². The van der Waals surface area contributed by atoms with Gasteiger partial charge in [0.15, 0.2) is 0 Å². The minimum atomic E-state index is -4.06. The van der Waals surface area contributed by atoms with Crippen molar-refractivity contribution >= 4 is 7.75 Å². The molecule has 0 aromatic carbocycles. The average molecular weight is 423 g/mol. The zero-order valence-electron chi connectivity index (χ0n) is 17.9. The van der Waals surface area contributed by atoms with Crippen molar-refractivity contribution in [2.45, 2.75) is 97.0 Å². The number of hydrogen-bond acceptors (Lipinski definition) is 6. The molecule has 8 nitrogen and oxygen atoms in total. The molecule has 1 aliphatic heterocycles. The Morgan fingerprint density at radius 1 is 1.14 bits per heavy atom. The lowest BCUT2D eigenvalue weighted by atomic mass is 10.0. The summed E-state index contributed by atoms with van der Waals surface area (Å²) in [6.45, 7) is 11.9. The molecule has 0 spiro atoms. The van der Waals surface area contributed by atoms with E-state index in [-0.39, 0.29) is 55.0 Å². The third-order valence-corrected chi connectivity index (χ3v) is 6.51. The maximum Gasteiger partial charge on any atom is 0.403 e. The molecule has 0 amide bonds. The molecule has 2 rings (SSSR count). The SMILES string of the molecule is CC(C)OCC1OC(C)CC1NP(=O)(O)OCC1C(OC(C)C)CC(C)C1O. The molecule has 166 valence electrons. The van der Waals surface area contributed by atoms with Crippen molar-refractivity contribution in [3.63, 3.8) is 0 Å². The summed E-state index contributed by atoms with van der Waals surface area (Å²) in [4.78, 5) is 10.3. The Labute approximate surface area is 168 Å². The first-order chi connectivity index (χ1) is 13.0. The summed E-state index contributed by atoms with van der Waals surface area (Å²) in [6, 6.07) is -0.334. The maximum absolute atomic E-state index is 12.6. The van der Waals surface area contributed by atoms with Crippen LogP contribution in [0.15, 0.2) is 0 Å². The lowest BCUT2D eigenvalue weighted by Crippen LogP contribution is -2.39. The van der Waals surface area contributed by atoms with Crippen molar-refractivity contribution < 1.29 is 33.3 Å². The molecule has 3 N–H and O–H groups in total. The Balaban J connectivity index is 1.92. The highest BCUT2D eigenvalue weighted by Crippen LogP contribution is 2.43. The summed E-state index contributed by atoms with van der Waals surface area (Å²) in [5.74, 6) is -0.275. The van der Waals surface area contributed by atoms with E-state index in [0.717, 1.165) is 0 Å². The van der Waals surface area contributed by atoms with Gasteiger partial charge in [0.25, 0.3) is 0 Å². The van der Waals surface area contributed by atoms with Crippen LogP contribution in [0.1, 0.15) is 54.4 Å². The van der Waals surface area contributed by atoms with Crippen molar-refractivity contribution in [2.75, 3.05) is 13.2 Å². The van der Waals surface area contributed by atoms with Gasteiger partial charge in [0.2, 0.25) is 0 Å². The minimum Gasteiger partial charge on any atom is -0.392 e. The van der Waals surface area contributed by atoms with E-state index in [2.05, 4.69) is 5.09 Å². The quantitative estimate of drug-likeness (QED) is 0.460. The lowest BCUT2D eigenvalue weighted by molar-refractivity contribution is -0.0449. The molecule has 8 atom stereocenters. The topological polar surface area (TPSA) is 106 Å². The highest BCUT2D eigenvalue weighted by Gasteiger charge is 2.43. The Hall–Kier alpha value is -0.0500. The van der Waals surface area contributed by atoms with Gasteiger partial charge in [-0.15, -0.1) is 0 Å². The van der Waals surface area contributed by atoms with Gasteiger partial charge in [-0.05, 0) is 53.4 Å². The molecule has 8 unspecified atom stereocenters. The van der Waals surface area contributed by atoms with Gasteiger partial charge in [0.1, 0.15) is 0 Å². The third-order valence-electron chi connectivity index (χ3n) is 5.36. The van der Waals surface area contributed by atoms with Crippen molar-refractivity contribution in [2.24, 2.45) is 11.8 Å². The molecule has 1 heterocycles. The second-order valence-electron chi connectivity index (χ2n) is 8.75. The van der Waals surface area contributed by atoms with Crippen LogP contribution < -0.4 is 5.09 Å². The number of aliphatic hydroxyl groups is 1. The predicted octanol–water partition coefficient (Wildman–Crippen LogP) is 2.47. The fraction of sp³-hybridized carbons (Fsp3) is 1.00. The van der Waals surface area contributed by atoms with Crippen molar-refractivity contribution in [1.29, 1.82) is 0 Å². The van der Waals surface area contributed by atoms with Crippen LogP contribution in [0.5, 0.6) is 0 Å². The highest BCUT2D eigenvalue weighted by molar-refractivity contribution is 7.50. The molecule has 1 saturated heterocycles. The first kappa shape index (κ1) is 24.2. The van der Waals surface area contributed by atoms with E-state index < -0.39 is 13.9 Å². The minimum absolute atomic E-state index is 0.0166. The second kappa shape index (κ2) is 10.3. The molecule has 2 fully saturated rings. The fourth-order valence-corrected chi connectivity index (χ4v) is 5.14. The largest absolute Gasteiger partial charge is 0.403 e. The van der Waals surface area contributed by atoms with Crippen LogP contribution in [-0.4, -0.2) is 65.9 Å². The molecule has 28 heavy (non-hydrogen) atoms. The van der Waals surface area contributed by atoms with Crippen LogP contribution in [0.4, 0.5) is 0 Å². The average Bonchev–Trinajstić information content (AvgIpc) is 3.02. The van der Waals surface area contributed by atoms with Gasteiger partial charge in [-0.25, -0.2) is 9.65 Å². The van der Waals surface area contributed by atoms with Gasteiger partial charge in [0.05, 0.1) is 49.8 Å². The zero-order valence-corrected chi connectivity index (χ0v) is 18.8. The van der Waals surface area contributed by atoms with Gasteiger partial charge >= 0.3 is 7.75 Å². The predicted molar refractivity (Wildman–Crippen MR) is 106 cm³/mol. The number of rotatable bonds is 10. The van der Waals surface area contributed by atoms with Crippen LogP contribution in [0.3, 0.4) is 0 Å². The molecular weight excluding hydrogens is 385 g/mol. The van der Waals surface area contributed by atoms with Crippen LogP contribution in [0.2, 0.25) is 0 Å². The van der Waals surface area contributed by atoms with Crippen molar-refractivity contribution in [3.05, 3.63) is 0 Å². The van der Waals surface area contributed by atoms with Crippen LogP contribution in [-0.2, 0) is 23.3 Å². The van der Waals surface area contributed by atoms with E-state index in [0.29, 0.717) is 19.4 Å². The first-order valence-corrected chi connectivity index (χ1v) is 11.9. The van der Waals surface area contributed by atoms with Gasteiger partial charge in [-0.1, -0.05) is 6.92 Å². The molecule has 0 radical (unpaired) electrons. The van der Waals surface area contributed by atoms with Gasteiger partial charge in [-0.3, -0.25) is 4.52 Å². The summed E-state index contributed by atoms with van der Waals surface area (Å²) in [7, 11) is -4.06. The van der Waals surface area contributed by atoms with Crippen molar-refractivity contribution in [3.8, 4) is 0 Å². The molecular formula is C19H38NO7P. The summed E-state index contributed by atoms with van der Waals surface area (Å²) in [5, 5.41) is 13.2. The third kappa shape index (κ3) is 7.03. The van der Waals surface area contributed by atoms with Crippen molar-refractivity contribution in [1.82, 2.24) is 5.09 Å². The summed E-state index contributed by atoms with van der Waals surface area (Å²) in [5.41, 5.74) is 0. The van der Waals surface area contributed by atoms with Crippen LogP contribution >= 0.6 is 7.75 Å². The molecule has 1 saturated carbocycles.